The van der Waals surface area contributed by atoms with E-state index in [1.807, 2.05) is 4.90 Å². The summed E-state index contributed by atoms with van der Waals surface area (Å²) in [6.07, 6.45) is 3.24. The first kappa shape index (κ1) is 12.4. The highest BCUT2D eigenvalue weighted by Gasteiger charge is 2.22. The molecule has 0 aromatic carbocycles. The smallest absolute Gasteiger partial charge is 0.257 e. The second kappa shape index (κ2) is 5.54. The lowest BCUT2D eigenvalue weighted by atomic mass is 10.2. The molecule has 1 N–H and O–H groups in total. The molecule has 5 nitrogen and oxygen atoms in total. The van der Waals surface area contributed by atoms with Gasteiger partial charge in [0.1, 0.15) is 0 Å². The zero-order valence-corrected chi connectivity index (χ0v) is 11.4. The molecule has 1 saturated heterocycles. The highest BCUT2D eigenvalue weighted by Crippen LogP contribution is 2.13. The van der Waals surface area contributed by atoms with Crippen molar-refractivity contribution in [2.45, 2.75) is 6.54 Å². The van der Waals surface area contributed by atoms with E-state index in [4.69, 9.17) is 0 Å². The molecule has 0 spiro atoms. The summed E-state index contributed by atoms with van der Waals surface area (Å²) in [6.45, 7) is 4.42. The van der Waals surface area contributed by atoms with Gasteiger partial charge in [0.2, 0.25) is 0 Å². The highest BCUT2D eigenvalue weighted by molar-refractivity contribution is 7.07. The largest absolute Gasteiger partial charge is 0.336 e. The number of aromatic amines is 1. The maximum absolute atomic E-state index is 12.1. The number of nitrogens with zero attached hydrogens (tertiary/aromatic N) is 3. The normalized spacial score (nSPS) is 16.7. The van der Waals surface area contributed by atoms with E-state index in [1.54, 1.807) is 23.7 Å². The topological polar surface area (TPSA) is 52.2 Å². The molecular formula is C13H16N4OS. The Morgan fingerprint density at radius 1 is 1.37 bits per heavy atom. The predicted molar refractivity (Wildman–Crippen MR) is 74.1 cm³/mol. The fourth-order valence-corrected chi connectivity index (χ4v) is 2.96. The summed E-state index contributed by atoms with van der Waals surface area (Å²) in [5.74, 6) is 0.0731. The van der Waals surface area contributed by atoms with E-state index in [1.165, 1.54) is 5.56 Å². The minimum absolute atomic E-state index is 0.0731. The van der Waals surface area contributed by atoms with Crippen molar-refractivity contribution in [3.8, 4) is 0 Å². The van der Waals surface area contributed by atoms with Crippen LogP contribution in [0.5, 0.6) is 0 Å². The lowest BCUT2D eigenvalue weighted by Gasteiger charge is -2.34. The van der Waals surface area contributed by atoms with Crippen LogP contribution in [-0.4, -0.2) is 52.1 Å². The van der Waals surface area contributed by atoms with E-state index in [-0.39, 0.29) is 5.91 Å². The summed E-state index contributed by atoms with van der Waals surface area (Å²) in [5, 5.41) is 10.8. The number of hydrogen-bond donors (Lipinski definition) is 1. The Labute approximate surface area is 115 Å². The van der Waals surface area contributed by atoms with Crippen molar-refractivity contribution < 1.29 is 4.79 Å². The van der Waals surface area contributed by atoms with Crippen LogP contribution in [-0.2, 0) is 6.54 Å². The summed E-state index contributed by atoms with van der Waals surface area (Å²) in [5.41, 5.74) is 2.01. The Kier molecular flexibility index (Phi) is 3.61. The number of nitrogens with one attached hydrogen (secondary N) is 1. The minimum Gasteiger partial charge on any atom is -0.336 e. The van der Waals surface area contributed by atoms with Gasteiger partial charge in [-0.05, 0) is 22.4 Å². The number of hydrogen-bond acceptors (Lipinski definition) is 4. The third-order valence-corrected chi connectivity index (χ3v) is 4.12. The summed E-state index contributed by atoms with van der Waals surface area (Å²) in [4.78, 5) is 16.4. The Morgan fingerprint density at radius 2 is 2.21 bits per heavy atom. The molecule has 0 saturated carbocycles. The quantitative estimate of drug-likeness (QED) is 0.922. The number of amides is 1. The average molecular weight is 276 g/mol. The summed E-state index contributed by atoms with van der Waals surface area (Å²) < 4.78 is 0. The Balaban J connectivity index is 1.53. The Hall–Kier alpha value is -1.66. The van der Waals surface area contributed by atoms with Crippen molar-refractivity contribution in [3.05, 3.63) is 40.3 Å². The van der Waals surface area contributed by atoms with Gasteiger partial charge in [-0.1, -0.05) is 0 Å². The van der Waals surface area contributed by atoms with Crippen LogP contribution in [0.15, 0.2) is 29.2 Å². The summed E-state index contributed by atoms with van der Waals surface area (Å²) in [7, 11) is 0. The van der Waals surface area contributed by atoms with Crippen molar-refractivity contribution in [1.29, 1.82) is 0 Å². The van der Waals surface area contributed by atoms with Crippen LogP contribution < -0.4 is 0 Å². The van der Waals surface area contributed by atoms with Crippen molar-refractivity contribution in [2.24, 2.45) is 0 Å². The fraction of sp³-hybridized carbons (Fsp3) is 0.385. The molecule has 0 unspecified atom stereocenters. The molecular weight excluding hydrogens is 260 g/mol. The van der Waals surface area contributed by atoms with Crippen LogP contribution in [0.1, 0.15) is 15.9 Å². The molecule has 3 rings (SSSR count). The summed E-state index contributed by atoms with van der Waals surface area (Å²) in [6, 6.07) is 2.16. The van der Waals surface area contributed by atoms with E-state index in [0.717, 1.165) is 32.7 Å². The lowest BCUT2D eigenvalue weighted by Crippen LogP contribution is -2.48. The molecule has 0 bridgehead atoms. The van der Waals surface area contributed by atoms with Crippen LogP contribution in [0.25, 0.3) is 0 Å². The Bertz CT molecular complexity index is 515. The van der Waals surface area contributed by atoms with E-state index in [9.17, 15) is 4.79 Å². The number of piperazine rings is 1. The molecule has 19 heavy (non-hydrogen) atoms. The van der Waals surface area contributed by atoms with E-state index in [0.29, 0.717) is 5.56 Å². The molecule has 1 aliphatic heterocycles. The fourth-order valence-electron chi connectivity index (χ4n) is 2.30. The first-order valence-electron chi connectivity index (χ1n) is 6.34. The number of rotatable bonds is 3. The van der Waals surface area contributed by atoms with Gasteiger partial charge in [0.05, 0.1) is 11.8 Å². The van der Waals surface area contributed by atoms with E-state index in [2.05, 4.69) is 31.9 Å². The standard InChI is InChI=1S/C13H16N4OS/c18-13(12-7-14-15-8-12)17-4-2-16(3-5-17)9-11-1-6-19-10-11/h1,6-8,10H,2-5,9H2,(H,14,15). The first-order valence-corrected chi connectivity index (χ1v) is 7.29. The third-order valence-electron chi connectivity index (χ3n) is 3.39. The first-order chi connectivity index (χ1) is 9.33. The zero-order chi connectivity index (χ0) is 13.1. The van der Waals surface area contributed by atoms with Crippen molar-refractivity contribution >= 4 is 17.2 Å². The van der Waals surface area contributed by atoms with Crippen LogP contribution >= 0.6 is 11.3 Å². The third kappa shape index (κ3) is 2.85. The van der Waals surface area contributed by atoms with Crippen LogP contribution in [0.3, 0.4) is 0 Å². The summed E-state index contributed by atoms with van der Waals surface area (Å²) >= 11 is 1.73. The second-order valence-corrected chi connectivity index (χ2v) is 5.47. The molecule has 0 aliphatic carbocycles. The molecule has 1 amide bonds. The van der Waals surface area contributed by atoms with Gasteiger partial charge in [0, 0.05) is 38.9 Å². The van der Waals surface area contributed by atoms with Crippen molar-refractivity contribution in [3.63, 3.8) is 0 Å². The minimum atomic E-state index is 0.0731. The van der Waals surface area contributed by atoms with Crippen molar-refractivity contribution in [2.75, 3.05) is 26.2 Å². The number of thiophene rings is 1. The number of carbonyl (C=O) groups is 1. The molecule has 0 radical (unpaired) electrons. The molecule has 2 aromatic heterocycles. The SMILES string of the molecule is O=C(c1cn[nH]c1)N1CCN(Cc2ccsc2)CC1. The molecule has 2 aromatic rings. The van der Waals surface area contributed by atoms with E-state index >= 15 is 0 Å². The lowest BCUT2D eigenvalue weighted by molar-refractivity contribution is 0.0628. The van der Waals surface area contributed by atoms with Gasteiger partial charge in [-0.15, -0.1) is 0 Å². The van der Waals surface area contributed by atoms with Crippen LogP contribution in [0.2, 0.25) is 0 Å². The van der Waals surface area contributed by atoms with Gasteiger partial charge < -0.3 is 4.90 Å². The van der Waals surface area contributed by atoms with Crippen LogP contribution in [0.4, 0.5) is 0 Å². The van der Waals surface area contributed by atoms with Gasteiger partial charge in [0.15, 0.2) is 0 Å². The van der Waals surface area contributed by atoms with Gasteiger partial charge >= 0.3 is 0 Å². The van der Waals surface area contributed by atoms with Gasteiger partial charge in [-0.2, -0.15) is 16.4 Å². The maximum atomic E-state index is 12.1. The van der Waals surface area contributed by atoms with Crippen molar-refractivity contribution in [1.82, 2.24) is 20.0 Å². The predicted octanol–water partition coefficient (Wildman–Crippen LogP) is 1.43. The monoisotopic (exact) mass is 276 g/mol. The van der Waals surface area contributed by atoms with Gasteiger partial charge in [-0.25, -0.2) is 0 Å². The maximum Gasteiger partial charge on any atom is 0.257 e. The van der Waals surface area contributed by atoms with Gasteiger partial charge in [0.25, 0.3) is 5.91 Å². The molecule has 6 heteroatoms. The average Bonchev–Trinajstić information content (AvgIpc) is 3.12. The van der Waals surface area contributed by atoms with E-state index < -0.39 is 0 Å². The molecule has 1 fully saturated rings. The zero-order valence-electron chi connectivity index (χ0n) is 10.6. The highest BCUT2D eigenvalue weighted by atomic mass is 32.1. The van der Waals surface area contributed by atoms with Crippen LogP contribution in [0, 0.1) is 0 Å². The molecule has 100 valence electrons. The molecule has 3 heterocycles. The number of aromatic nitrogens is 2. The second-order valence-electron chi connectivity index (χ2n) is 4.69. The molecule has 0 atom stereocenters. The Morgan fingerprint density at radius 3 is 2.84 bits per heavy atom. The number of H-pyrrole nitrogens is 1. The number of carbonyl (C=O) groups excluding carboxylic acids is 1. The van der Waals surface area contributed by atoms with Gasteiger partial charge in [-0.3, -0.25) is 14.8 Å². The molecule has 1 aliphatic rings.